The van der Waals surface area contributed by atoms with Gasteiger partial charge in [0.15, 0.2) is 11.5 Å². The molecule has 1 aliphatic heterocycles. The fourth-order valence-electron chi connectivity index (χ4n) is 4.10. The number of benzene rings is 1. The Labute approximate surface area is 161 Å². The molecule has 2 fully saturated rings. The first-order valence-corrected chi connectivity index (χ1v) is 9.97. The van der Waals surface area contributed by atoms with E-state index in [4.69, 9.17) is 9.47 Å². The number of likely N-dealkylation sites (tertiary alicyclic amines) is 1. The number of carbonyl (C=O) groups is 2. The zero-order valence-electron chi connectivity index (χ0n) is 16.4. The Morgan fingerprint density at radius 2 is 1.67 bits per heavy atom. The summed E-state index contributed by atoms with van der Waals surface area (Å²) in [5.74, 6) is 1.53. The summed E-state index contributed by atoms with van der Waals surface area (Å²) in [4.78, 5) is 27.3. The van der Waals surface area contributed by atoms with Crippen molar-refractivity contribution >= 4 is 17.5 Å². The Morgan fingerprint density at radius 3 is 2.30 bits per heavy atom. The van der Waals surface area contributed by atoms with Gasteiger partial charge in [-0.2, -0.15) is 0 Å². The molecule has 0 spiro atoms. The van der Waals surface area contributed by atoms with E-state index in [0.29, 0.717) is 35.1 Å². The van der Waals surface area contributed by atoms with Gasteiger partial charge in [-0.3, -0.25) is 9.59 Å². The summed E-state index contributed by atoms with van der Waals surface area (Å²) in [5, 5.41) is 2.94. The quantitative estimate of drug-likeness (QED) is 0.787. The molecule has 1 N–H and O–H groups in total. The van der Waals surface area contributed by atoms with Gasteiger partial charge in [-0.25, -0.2) is 0 Å². The van der Waals surface area contributed by atoms with Gasteiger partial charge in [-0.05, 0) is 31.2 Å². The van der Waals surface area contributed by atoms with Gasteiger partial charge in [0.25, 0.3) is 5.91 Å². The lowest BCUT2D eigenvalue weighted by atomic mass is 10.0. The number of nitrogens with zero attached hydrogens (tertiary/aromatic N) is 1. The van der Waals surface area contributed by atoms with Crippen LogP contribution >= 0.6 is 0 Å². The second kappa shape index (κ2) is 9.11. The Kier molecular flexibility index (Phi) is 6.58. The van der Waals surface area contributed by atoms with Gasteiger partial charge in [0.05, 0.1) is 25.5 Å². The van der Waals surface area contributed by atoms with E-state index in [1.165, 1.54) is 25.7 Å². The Bertz CT molecular complexity index is 677. The number of amides is 2. The highest BCUT2D eigenvalue weighted by molar-refractivity contribution is 6.04. The smallest absolute Gasteiger partial charge is 0.256 e. The number of hydrogen-bond donors (Lipinski definition) is 1. The molecule has 1 aromatic carbocycles. The highest BCUT2D eigenvalue weighted by Crippen LogP contribution is 2.35. The first-order valence-electron chi connectivity index (χ1n) is 9.97. The topological polar surface area (TPSA) is 67.9 Å². The van der Waals surface area contributed by atoms with Crippen molar-refractivity contribution < 1.29 is 19.1 Å². The summed E-state index contributed by atoms with van der Waals surface area (Å²) in [6, 6.07) is 3.36. The summed E-state index contributed by atoms with van der Waals surface area (Å²) in [6.45, 7) is 1.50. The summed E-state index contributed by atoms with van der Waals surface area (Å²) in [5.41, 5.74) is 0.963. The van der Waals surface area contributed by atoms with Crippen molar-refractivity contribution in [3.05, 3.63) is 17.7 Å². The van der Waals surface area contributed by atoms with E-state index in [1.807, 2.05) is 4.90 Å². The minimum Gasteiger partial charge on any atom is -0.493 e. The van der Waals surface area contributed by atoms with Crippen LogP contribution in [0.4, 0.5) is 5.69 Å². The zero-order chi connectivity index (χ0) is 19.2. The molecule has 6 heteroatoms. The van der Waals surface area contributed by atoms with Gasteiger partial charge in [0, 0.05) is 25.6 Å². The number of ether oxygens (including phenoxy) is 2. The first kappa shape index (κ1) is 19.5. The summed E-state index contributed by atoms with van der Waals surface area (Å²) >= 11 is 0. The van der Waals surface area contributed by atoms with Gasteiger partial charge in [0.1, 0.15) is 0 Å². The van der Waals surface area contributed by atoms with Crippen LogP contribution in [0, 0.1) is 5.92 Å². The van der Waals surface area contributed by atoms with E-state index in [2.05, 4.69) is 5.32 Å². The molecule has 1 aliphatic carbocycles. The van der Waals surface area contributed by atoms with E-state index < -0.39 is 0 Å². The summed E-state index contributed by atoms with van der Waals surface area (Å²) in [7, 11) is 3.09. The Hall–Kier alpha value is -2.24. The minimum absolute atomic E-state index is 0.0513. The molecule has 27 heavy (non-hydrogen) atoms. The fourth-order valence-corrected chi connectivity index (χ4v) is 4.10. The Morgan fingerprint density at radius 1 is 1.04 bits per heavy atom. The SMILES string of the molecule is COc1cc(NC(=O)CCC2CCCC2)c(C(=O)N2CCCC2)cc1OC. The molecule has 148 valence electrons. The molecule has 1 saturated heterocycles. The largest absolute Gasteiger partial charge is 0.493 e. The van der Waals surface area contributed by atoms with Crippen LogP contribution in [0.25, 0.3) is 0 Å². The molecular formula is C21H30N2O4. The van der Waals surface area contributed by atoms with Crippen LogP contribution in [0.1, 0.15) is 61.7 Å². The molecule has 1 aromatic rings. The van der Waals surface area contributed by atoms with E-state index in [1.54, 1.807) is 26.4 Å². The summed E-state index contributed by atoms with van der Waals surface area (Å²) < 4.78 is 10.7. The molecule has 0 atom stereocenters. The molecule has 2 aliphatic rings. The predicted molar refractivity (Wildman–Crippen MR) is 105 cm³/mol. The zero-order valence-corrected chi connectivity index (χ0v) is 16.4. The number of hydrogen-bond acceptors (Lipinski definition) is 4. The maximum absolute atomic E-state index is 13.0. The standard InChI is InChI=1S/C21H30N2O4/c1-26-18-13-16(21(25)23-11-5-6-12-23)17(14-19(18)27-2)22-20(24)10-9-15-7-3-4-8-15/h13-15H,3-12H2,1-2H3,(H,22,24). The molecule has 1 saturated carbocycles. The van der Waals surface area contributed by atoms with Gasteiger partial charge in [0.2, 0.25) is 5.91 Å². The van der Waals surface area contributed by atoms with Crippen LogP contribution < -0.4 is 14.8 Å². The Balaban J connectivity index is 1.77. The van der Waals surface area contributed by atoms with E-state index in [9.17, 15) is 9.59 Å². The molecule has 0 unspecified atom stereocenters. The molecule has 3 rings (SSSR count). The average molecular weight is 374 g/mol. The normalized spacial score (nSPS) is 17.2. The van der Waals surface area contributed by atoms with Gasteiger partial charge < -0.3 is 19.7 Å². The van der Waals surface area contributed by atoms with Crippen molar-refractivity contribution in [2.45, 2.75) is 51.4 Å². The van der Waals surface area contributed by atoms with Crippen molar-refractivity contribution in [3.8, 4) is 11.5 Å². The van der Waals surface area contributed by atoms with Crippen LogP contribution in [0.3, 0.4) is 0 Å². The van der Waals surface area contributed by atoms with Crippen LogP contribution in [0.5, 0.6) is 11.5 Å². The van der Waals surface area contributed by atoms with Gasteiger partial charge in [-0.1, -0.05) is 25.7 Å². The minimum atomic E-state index is -0.0699. The molecule has 6 nitrogen and oxygen atoms in total. The molecule has 1 heterocycles. The number of carbonyl (C=O) groups excluding carboxylic acids is 2. The van der Waals surface area contributed by atoms with Gasteiger partial charge >= 0.3 is 0 Å². The predicted octanol–water partition coefficient (Wildman–Crippen LogP) is 3.85. The van der Waals surface area contributed by atoms with Crippen LogP contribution in [0.2, 0.25) is 0 Å². The van der Waals surface area contributed by atoms with Crippen molar-refractivity contribution in [1.29, 1.82) is 0 Å². The second-order valence-corrected chi connectivity index (χ2v) is 7.49. The first-order chi connectivity index (χ1) is 13.1. The molecular weight excluding hydrogens is 344 g/mol. The van der Waals surface area contributed by atoms with Crippen LogP contribution in [0.15, 0.2) is 12.1 Å². The third-order valence-corrected chi connectivity index (χ3v) is 5.68. The third kappa shape index (κ3) is 4.73. The van der Waals surface area contributed by atoms with Crippen LogP contribution in [-0.2, 0) is 4.79 Å². The average Bonchev–Trinajstić information content (AvgIpc) is 3.39. The summed E-state index contributed by atoms with van der Waals surface area (Å²) in [6.07, 6.45) is 8.42. The second-order valence-electron chi connectivity index (χ2n) is 7.49. The number of rotatable bonds is 7. The lowest BCUT2D eigenvalue weighted by molar-refractivity contribution is -0.116. The number of anilines is 1. The van der Waals surface area contributed by atoms with Crippen molar-refractivity contribution in [2.24, 2.45) is 5.92 Å². The lowest BCUT2D eigenvalue weighted by Crippen LogP contribution is -2.29. The fraction of sp³-hybridized carbons (Fsp3) is 0.619. The maximum atomic E-state index is 13.0. The van der Waals surface area contributed by atoms with Crippen molar-refractivity contribution in [3.63, 3.8) is 0 Å². The lowest BCUT2D eigenvalue weighted by Gasteiger charge is -2.20. The monoisotopic (exact) mass is 374 g/mol. The molecule has 2 amide bonds. The van der Waals surface area contributed by atoms with Crippen molar-refractivity contribution in [2.75, 3.05) is 32.6 Å². The van der Waals surface area contributed by atoms with E-state index >= 15 is 0 Å². The van der Waals surface area contributed by atoms with Crippen LogP contribution in [-0.4, -0.2) is 44.0 Å². The highest BCUT2D eigenvalue weighted by Gasteiger charge is 2.25. The van der Waals surface area contributed by atoms with E-state index in [0.717, 1.165) is 32.4 Å². The maximum Gasteiger partial charge on any atom is 0.256 e. The highest BCUT2D eigenvalue weighted by atomic mass is 16.5. The molecule has 0 aromatic heterocycles. The van der Waals surface area contributed by atoms with Crippen molar-refractivity contribution in [1.82, 2.24) is 4.90 Å². The molecule has 0 radical (unpaired) electrons. The number of nitrogens with one attached hydrogen (secondary N) is 1. The third-order valence-electron chi connectivity index (χ3n) is 5.68. The van der Waals surface area contributed by atoms with Gasteiger partial charge in [-0.15, -0.1) is 0 Å². The van der Waals surface area contributed by atoms with E-state index in [-0.39, 0.29) is 11.8 Å². The molecule has 0 bridgehead atoms. The number of methoxy groups -OCH3 is 2.